The number of halogens is 8. The molecule has 1 atom stereocenters. The highest BCUT2D eigenvalue weighted by atomic mass is 35.5. The number of rotatable bonds is 4. The van der Waals surface area contributed by atoms with Gasteiger partial charge in [-0.05, 0) is 24.3 Å². The van der Waals surface area contributed by atoms with Crippen molar-refractivity contribution in [3.8, 4) is 0 Å². The van der Waals surface area contributed by atoms with Crippen LogP contribution in [-0.4, -0.2) is 56.5 Å². The molecule has 2 aromatic rings. The Morgan fingerprint density at radius 2 is 1.79 bits per heavy atom. The number of benzene rings is 1. The normalized spacial score (nSPS) is 26.7. The van der Waals surface area contributed by atoms with Crippen LogP contribution in [0.3, 0.4) is 0 Å². The molecule has 0 radical (unpaired) electrons. The van der Waals surface area contributed by atoms with E-state index >= 15 is 4.39 Å². The number of oxime groups is 1. The molecule has 0 aliphatic carbocycles. The summed E-state index contributed by atoms with van der Waals surface area (Å²) < 4.78 is 109. The molecule has 15 heteroatoms. The Kier molecular flexibility index (Phi) is 6.29. The Balaban J connectivity index is 1.33. The highest BCUT2D eigenvalue weighted by molar-refractivity contribution is 7.86. The molecular weight excluding hydrogens is 567 g/mol. The average Bonchev–Trinajstić information content (AvgIpc) is 3.26. The van der Waals surface area contributed by atoms with Crippen LogP contribution in [-0.2, 0) is 37.9 Å². The number of carbonyl (C=O) groups is 1. The van der Waals surface area contributed by atoms with Crippen LogP contribution >= 0.6 is 11.6 Å². The molecule has 38 heavy (non-hydrogen) atoms. The van der Waals surface area contributed by atoms with Gasteiger partial charge < -0.3 is 9.74 Å². The van der Waals surface area contributed by atoms with E-state index in [4.69, 9.17) is 16.4 Å². The summed E-state index contributed by atoms with van der Waals surface area (Å²) >= 11 is 5.55. The number of pyridine rings is 1. The largest absolute Gasteiger partial charge is 0.435 e. The maximum absolute atomic E-state index is 15.3. The molecule has 0 bridgehead atoms. The first-order chi connectivity index (χ1) is 17.6. The molecule has 2 fully saturated rings. The number of hydrogen-bond donors (Lipinski definition) is 0. The van der Waals surface area contributed by atoms with Gasteiger partial charge in [0.15, 0.2) is 5.67 Å². The molecule has 5 rings (SSSR count). The minimum absolute atomic E-state index is 0.0448. The molecule has 204 valence electrons. The van der Waals surface area contributed by atoms with Crippen molar-refractivity contribution in [1.82, 2.24) is 9.88 Å². The molecule has 4 heterocycles. The summed E-state index contributed by atoms with van der Waals surface area (Å²) in [5.41, 5.74) is -7.68. The van der Waals surface area contributed by atoms with Gasteiger partial charge in [0, 0.05) is 39.6 Å². The molecule has 1 amide bonds. The highest BCUT2D eigenvalue weighted by Crippen LogP contribution is 2.50. The molecule has 3 aliphatic rings. The van der Waals surface area contributed by atoms with E-state index < -0.39 is 62.9 Å². The van der Waals surface area contributed by atoms with Gasteiger partial charge in [-0.2, -0.15) is 26.3 Å². The van der Waals surface area contributed by atoms with Crippen LogP contribution in [0.2, 0.25) is 5.02 Å². The molecule has 2 saturated heterocycles. The molecule has 1 aromatic heterocycles. The number of aromatic nitrogens is 1. The first-order valence-electron chi connectivity index (χ1n) is 11.1. The van der Waals surface area contributed by atoms with E-state index in [0.29, 0.717) is 6.07 Å². The van der Waals surface area contributed by atoms with Gasteiger partial charge in [0.05, 0.1) is 47.4 Å². The smallest absolute Gasteiger partial charge is 0.374 e. The Labute approximate surface area is 218 Å². The van der Waals surface area contributed by atoms with E-state index in [9.17, 15) is 35.3 Å². The van der Waals surface area contributed by atoms with Crippen molar-refractivity contribution in [3.05, 3.63) is 63.9 Å². The summed E-state index contributed by atoms with van der Waals surface area (Å²) in [5, 5.41) is 2.72. The quantitative estimate of drug-likeness (QED) is 0.489. The lowest BCUT2D eigenvalue weighted by Gasteiger charge is -2.46. The number of carbonyl (C=O) groups excluding carboxylic acids is 1. The lowest BCUT2D eigenvalue weighted by atomic mass is 9.85. The Morgan fingerprint density at radius 3 is 2.34 bits per heavy atom. The van der Waals surface area contributed by atoms with Crippen LogP contribution in [0.1, 0.15) is 28.8 Å². The van der Waals surface area contributed by atoms with E-state index in [1.807, 2.05) is 0 Å². The van der Waals surface area contributed by atoms with Crippen LogP contribution in [0.15, 0.2) is 41.7 Å². The van der Waals surface area contributed by atoms with Gasteiger partial charge in [0.2, 0.25) is 5.91 Å². The third-order valence-corrected chi connectivity index (χ3v) is 8.68. The number of nitrogens with zero attached hydrogens (tertiary/aromatic N) is 3. The second-order valence-electron chi connectivity index (χ2n) is 9.39. The fourth-order valence-corrected chi connectivity index (χ4v) is 5.87. The zero-order chi connectivity index (χ0) is 27.7. The summed E-state index contributed by atoms with van der Waals surface area (Å²) in [5.74, 6) is -0.179. The second-order valence-corrected chi connectivity index (χ2v) is 11.3. The third kappa shape index (κ3) is 4.44. The molecule has 1 aromatic carbocycles. The fourth-order valence-electron chi connectivity index (χ4n) is 4.56. The first-order valence-corrected chi connectivity index (χ1v) is 13.0. The average molecular weight is 584 g/mol. The molecule has 0 spiro atoms. The SMILES string of the molecule is O=C(C1CS(=O)C1)N1CC(F)(c2ccc(C3=NOC(c4ccc(Cl)c(C(F)(F)F)c4)(C(F)(F)F)C3)cn2)C1. The van der Waals surface area contributed by atoms with Gasteiger partial charge in [0.1, 0.15) is 0 Å². The van der Waals surface area contributed by atoms with Crippen molar-refractivity contribution < 1.29 is 44.6 Å². The third-order valence-electron chi connectivity index (χ3n) is 6.80. The van der Waals surface area contributed by atoms with Crippen LogP contribution in [0.25, 0.3) is 0 Å². The van der Waals surface area contributed by atoms with Gasteiger partial charge in [-0.3, -0.25) is 14.0 Å². The zero-order valence-corrected chi connectivity index (χ0v) is 20.6. The van der Waals surface area contributed by atoms with E-state index in [0.717, 1.165) is 12.3 Å². The maximum atomic E-state index is 15.3. The summed E-state index contributed by atoms with van der Waals surface area (Å²) in [6.07, 6.45) is -10.0. The summed E-state index contributed by atoms with van der Waals surface area (Å²) in [6, 6.07) is 4.31. The van der Waals surface area contributed by atoms with Crippen molar-refractivity contribution in [2.45, 2.75) is 30.0 Å². The van der Waals surface area contributed by atoms with E-state index in [1.54, 1.807) is 0 Å². The van der Waals surface area contributed by atoms with Gasteiger partial charge in [0.25, 0.3) is 5.60 Å². The van der Waals surface area contributed by atoms with E-state index in [2.05, 4.69) is 10.1 Å². The predicted octanol–water partition coefficient (Wildman–Crippen LogP) is 4.72. The summed E-state index contributed by atoms with van der Waals surface area (Å²) in [4.78, 5) is 22.3. The zero-order valence-electron chi connectivity index (χ0n) is 19.1. The van der Waals surface area contributed by atoms with E-state index in [-0.39, 0.29) is 53.5 Å². The lowest BCUT2D eigenvalue weighted by Crippen LogP contribution is -2.62. The van der Waals surface area contributed by atoms with Gasteiger partial charge >= 0.3 is 12.4 Å². The van der Waals surface area contributed by atoms with Crippen molar-refractivity contribution in [3.63, 3.8) is 0 Å². The monoisotopic (exact) mass is 583 g/mol. The number of alkyl halides is 7. The number of amides is 1. The van der Waals surface area contributed by atoms with Gasteiger partial charge in [-0.1, -0.05) is 22.8 Å². The summed E-state index contributed by atoms with van der Waals surface area (Å²) in [6.45, 7) is -0.526. The van der Waals surface area contributed by atoms with Crippen LogP contribution in [0.4, 0.5) is 30.7 Å². The standard InChI is InChI=1S/C23H17ClF7N3O3S/c24-16-3-2-14(5-15(16)22(26,27)28)21(23(29,30)31)6-17(33-37-21)12-1-4-18(32-7-12)20(25)10-34(11-20)19(35)13-8-38(36)9-13/h1-5,7,13H,6,8-11H2. The Hall–Kier alpha value is -2.74. The van der Waals surface area contributed by atoms with Gasteiger partial charge in [-0.15, -0.1) is 0 Å². The van der Waals surface area contributed by atoms with E-state index in [1.165, 1.54) is 17.0 Å². The minimum atomic E-state index is -5.15. The molecule has 6 nitrogen and oxygen atoms in total. The number of likely N-dealkylation sites (tertiary alicyclic amines) is 1. The Morgan fingerprint density at radius 1 is 1.11 bits per heavy atom. The second kappa shape index (κ2) is 8.90. The number of hydrogen-bond acceptors (Lipinski definition) is 5. The van der Waals surface area contributed by atoms with Crippen molar-refractivity contribution in [2.75, 3.05) is 24.6 Å². The van der Waals surface area contributed by atoms with Crippen molar-refractivity contribution >= 4 is 34.0 Å². The Bertz CT molecular complexity index is 1340. The van der Waals surface area contributed by atoms with Crippen LogP contribution in [0, 0.1) is 5.92 Å². The van der Waals surface area contributed by atoms with Crippen LogP contribution in [0.5, 0.6) is 0 Å². The van der Waals surface area contributed by atoms with Crippen molar-refractivity contribution in [2.24, 2.45) is 11.1 Å². The minimum Gasteiger partial charge on any atom is -0.374 e. The first kappa shape index (κ1) is 26.9. The fraction of sp³-hybridized carbons (Fsp3) is 0.435. The predicted molar refractivity (Wildman–Crippen MR) is 121 cm³/mol. The van der Waals surface area contributed by atoms with Gasteiger partial charge in [-0.25, -0.2) is 4.39 Å². The molecule has 0 N–H and O–H groups in total. The van der Waals surface area contributed by atoms with Crippen LogP contribution < -0.4 is 0 Å². The summed E-state index contributed by atoms with van der Waals surface area (Å²) in [7, 11) is -1.03. The topological polar surface area (TPSA) is 71.9 Å². The molecule has 1 unspecified atom stereocenters. The maximum Gasteiger partial charge on any atom is 0.435 e. The molecule has 3 aliphatic heterocycles. The lowest BCUT2D eigenvalue weighted by molar-refractivity contribution is -0.276. The highest BCUT2D eigenvalue weighted by Gasteiger charge is 2.62. The van der Waals surface area contributed by atoms with Crippen molar-refractivity contribution in [1.29, 1.82) is 0 Å². The molecular formula is C23H17ClF7N3O3S. The molecule has 0 saturated carbocycles.